The molecule has 0 saturated carbocycles. The molecule has 0 aromatic carbocycles. The zero-order valence-electron chi connectivity index (χ0n) is 11.8. The number of nitrogens with one attached hydrogen (secondary N) is 2. The Morgan fingerprint density at radius 1 is 1.37 bits per heavy atom. The fraction of sp³-hybridized carbons (Fsp3) is 0.769. The normalized spacial score (nSPS) is 16.5. The quantitative estimate of drug-likeness (QED) is 0.825. The molecular weight excluding hydrogens is 242 g/mol. The zero-order valence-corrected chi connectivity index (χ0v) is 11.8. The average Bonchev–Trinajstić information content (AvgIpc) is 2.66. The first-order chi connectivity index (χ1) is 9.22. The molecule has 1 aliphatic heterocycles. The molecule has 6 heteroatoms. The van der Waals surface area contributed by atoms with Gasteiger partial charge >= 0.3 is 0 Å². The molecule has 1 unspecified atom stereocenters. The Labute approximate surface area is 114 Å². The fourth-order valence-corrected chi connectivity index (χ4v) is 2.44. The van der Waals surface area contributed by atoms with Crippen LogP contribution < -0.4 is 10.6 Å². The molecule has 0 aliphatic carbocycles. The molecule has 2 N–H and O–H groups in total. The number of hydrogen-bond donors (Lipinski definition) is 2. The number of aromatic nitrogens is 3. The third-order valence-electron chi connectivity index (χ3n) is 3.50. The number of aryl methyl sites for hydroxylation is 1. The van der Waals surface area contributed by atoms with E-state index in [-0.39, 0.29) is 11.9 Å². The van der Waals surface area contributed by atoms with Crippen molar-refractivity contribution < 1.29 is 4.79 Å². The van der Waals surface area contributed by atoms with Gasteiger partial charge in [0.15, 0.2) is 5.82 Å². The summed E-state index contributed by atoms with van der Waals surface area (Å²) in [4.78, 5) is 11.7. The van der Waals surface area contributed by atoms with Gasteiger partial charge in [-0.2, -0.15) is 0 Å². The highest BCUT2D eigenvalue weighted by Crippen LogP contribution is 2.18. The van der Waals surface area contributed by atoms with Gasteiger partial charge in [-0.25, -0.2) is 0 Å². The van der Waals surface area contributed by atoms with Gasteiger partial charge in [-0.15, -0.1) is 10.2 Å². The van der Waals surface area contributed by atoms with E-state index in [4.69, 9.17) is 0 Å². The Morgan fingerprint density at radius 2 is 2.21 bits per heavy atom. The van der Waals surface area contributed by atoms with Crippen LogP contribution in [0.2, 0.25) is 0 Å². The second kappa shape index (κ2) is 6.65. The smallest absolute Gasteiger partial charge is 0.221 e. The van der Waals surface area contributed by atoms with Crippen LogP contribution in [0.15, 0.2) is 0 Å². The van der Waals surface area contributed by atoms with Crippen molar-refractivity contribution >= 4 is 5.91 Å². The molecule has 1 amide bonds. The molecule has 2 rings (SSSR count). The Morgan fingerprint density at radius 3 is 3.00 bits per heavy atom. The van der Waals surface area contributed by atoms with Crippen LogP contribution >= 0.6 is 0 Å². The van der Waals surface area contributed by atoms with Crippen LogP contribution in [-0.4, -0.2) is 34.3 Å². The number of fused-ring (bicyclic) bond motifs is 1. The highest BCUT2D eigenvalue weighted by atomic mass is 16.1. The fourth-order valence-electron chi connectivity index (χ4n) is 2.44. The molecule has 0 radical (unpaired) electrons. The lowest BCUT2D eigenvalue weighted by atomic mass is 10.2. The van der Waals surface area contributed by atoms with Gasteiger partial charge < -0.3 is 15.2 Å². The Hall–Kier alpha value is -1.43. The minimum Gasteiger partial charge on any atom is -0.346 e. The van der Waals surface area contributed by atoms with E-state index in [0.29, 0.717) is 13.0 Å². The van der Waals surface area contributed by atoms with E-state index in [1.165, 1.54) is 19.3 Å². The molecule has 0 fully saturated rings. The van der Waals surface area contributed by atoms with E-state index in [1.54, 1.807) is 0 Å². The van der Waals surface area contributed by atoms with Crippen molar-refractivity contribution in [2.24, 2.45) is 0 Å². The molecule has 1 aliphatic rings. The monoisotopic (exact) mass is 265 g/mol. The maximum Gasteiger partial charge on any atom is 0.221 e. The number of nitrogens with zero attached hydrogens (tertiary/aromatic N) is 3. The maximum atomic E-state index is 11.7. The van der Waals surface area contributed by atoms with Gasteiger partial charge in [-0.05, 0) is 26.8 Å². The highest BCUT2D eigenvalue weighted by Gasteiger charge is 2.20. The van der Waals surface area contributed by atoms with Crippen molar-refractivity contribution in [3.8, 4) is 0 Å². The van der Waals surface area contributed by atoms with Gasteiger partial charge in [0.2, 0.25) is 5.91 Å². The van der Waals surface area contributed by atoms with Crippen molar-refractivity contribution in [1.29, 1.82) is 0 Å². The predicted molar refractivity (Wildman–Crippen MR) is 72.7 cm³/mol. The van der Waals surface area contributed by atoms with Crippen LogP contribution in [-0.2, 0) is 17.8 Å². The lowest BCUT2D eigenvalue weighted by Gasteiger charge is -2.15. The molecule has 2 heterocycles. The average molecular weight is 265 g/mol. The van der Waals surface area contributed by atoms with E-state index in [2.05, 4.69) is 25.4 Å². The van der Waals surface area contributed by atoms with Gasteiger partial charge in [0, 0.05) is 25.9 Å². The molecule has 1 aromatic heterocycles. The van der Waals surface area contributed by atoms with Gasteiger partial charge in [-0.1, -0.05) is 6.42 Å². The molecule has 0 bridgehead atoms. The van der Waals surface area contributed by atoms with E-state index in [1.807, 2.05) is 14.0 Å². The van der Waals surface area contributed by atoms with Crippen molar-refractivity contribution in [2.45, 2.75) is 51.6 Å². The van der Waals surface area contributed by atoms with Gasteiger partial charge in [-0.3, -0.25) is 4.79 Å². The predicted octanol–water partition coefficient (Wildman–Crippen LogP) is 0.791. The first-order valence-corrected chi connectivity index (χ1v) is 7.08. The lowest BCUT2D eigenvalue weighted by Crippen LogP contribution is -2.30. The number of carbonyl (C=O) groups is 1. The molecule has 19 heavy (non-hydrogen) atoms. The number of carbonyl (C=O) groups excluding carboxylic acids is 1. The van der Waals surface area contributed by atoms with E-state index >= 15 is 0 Å². The lowest BCUT2D eigenvalue weighted by molar-refractivity contribution is -0.121. The second-order valence-electron chi connectivity index (χ2n) is 5.08. The second-order valence-corrected chi connectivity index (χ2v) is 5.08. The molecule has 1 atom stereocenters. The third kappa shape index (κ3) is 3.53. The summed E-state index contributed by atoms with van der Waals surface area (Å²) in [5, 5.41) is 14.5. The van der Waals surface area contributed by atoms with Crippen LogP contribution in [0, 0.1) is 0 Å². The number of amides is 1. The van der Waals surface area contributed by atoms with Crippen LogP contribution in [0.25, 0.3) is 0 Å². The summed E-state index contributed by atoms with van der Waals surface area (Å²) in [7, 11) is 1.84. The van der Waals surface area contributed by atoms with Crippen molar-refractivity contribution in [3.63, 3.8) is 0 Å². The summed E-state index contributed by atoms with van der Waals surface area (Å²) in [6.07, 6.45) is 5.07. The summed E-state index contributed by atoms with van der Waals surface area (Å²) in [6, 6.07) is -0.0799. The summed E-state index contributed by atoms with van der Waals surface area (Å²) >= 11 is 0. The summed E-state index contributed by atoms with van der Waals surface area (Å²) in [6.45, 7) is 3.63. The minimum atomic E-state index is -0.0799. The van der Waals surface area contributed by atoms with Crippen molar-refractivity contribution in [3.05, 3.63) is 11.6 Å². The minimum absolute atomic E-state index is 0.0489. The molecule has 0 spiro atoms. The highest BCUT2D eigenvalue weighted by molar-refractivity contribution is 5.76. The SMILES string of the molecule is CNCCC(=O)NC(C)c1nnc2n1CCCCC2. The number of rotatable bonds is 5. The molecular formula is C13H23N5O. The third-order valence-corrected chi connectivity index (χ3v) is 3.50. The van der Waals surface area contributed by atoms with Crippen molar-refractivity contribution in [1.82, 2.24) is 25.4 Å². The van der Waals surface area contributed by atoms with Crippen LogP contribution in [0.1, 0.15) is 50.3 Å². The summed E-state index contributed by atoms with van der Waals surface area (Å²) < 4.78 is 2.18. The number of hydrogen-bond acceptors (Lipinski definition) is 4. The standard InChI is InChI=1S/C13H23N5O/c1-10(15-12(19)7-8-14-2)13-17-16-11-6-4-3-5-9-18(11)13/h10,14H,3-9H2,1-2H3,(H,15,19). The molecule has 6 nitrogen and oxygen atoms in total. The van der Waals surface area contributed by atoms with Gasteiger partial charge in [0.1, 0.15) is 5.82 Å². The van der Waals surface area contributed by atoms with Gasteiger partial charge in [0.05, 0.1) is 6.04 Å². The van der Waals surface area contributed by atoms with Crippen LogP contribution in [0.4, 0.5) is 0 Å². The largest absolute Gasteiger partial charge is 0.346 e. The van der Waals surface area contributed by atoms with E-state index in [0.717, 1.165) is 24.6 Å². The Kier molecular flexibility index (Phi) is 4.90. The first-order valence-electron chi connectivity index (χ1n) is 7.08. The molecule has 106 valence electrons. The maximum absolute atomic E-state index is 11.7. The topological polar surface area (TPSA) is 71.8 Å². The summed E-state index contributed by atoms with van der Waals surface area (Å²) in [5.74, 6) is 1.99. The van der Waals surface area contributed by atoms with E-state index < -0.39 is 0 Å². The van der Waals surface area contributed by atoms with Crippen LogP contribution in [0.3, 0.4) is 0 Å². The van der Waals surface area contributed by atoms with Crippen molar-refractivity contribution in [2.75, 3.05) is 13.6 Å². The van der Waals surface area contributed by atoms with Gasteiger partial charge in [0.25, 0.3) is 0 Å². The zero-order chi connectivity index (χ0) is 13.7. The first kappa shape index (κ1) is 14.0. The molecule has 1 aromatic rings. The molecule has 0 saturated heterocycles. The Bertz CT molecular complexity index is 429. The van der Waals surface area contributed by atoms with E-state index in [9.17, 15) is 4.79 Å². The Balaban J connectivity index is 2.01. The summed E-state index contributed by atoms with van der Waals surface area (Å²) in [5.41, 5.74) is 0. The van der Waals surface area contributed by atoms with Crippen LogP contribution in [0.5, 0.6) is 0 Å².